The zero-order valence-corrected chi connectivity index (χ0v) is 12.8. The SMILES string of the molecule is C=CCN(c1ncc(CNCC)c(C)n1)C(C)(C)C. The van der Waals surface area contributed by atoms with Crippen LogP contribution in [0.15, 0.2) is 18.9 Å². The molecule has 1 heterocycles. The van der Waals surface area contributed by atoms with Crippen molar-refractivity contribution in [2.45, 2.75) is 46.7 Å². The Hall–Kier alpha value is -1.42. The molecular formula is C15H26N4. The highest BCUT2D eigenvalue weighted by Gasteiger charge is 2.23. The molecule has 1 aromatic rings. The fourth-order valence-electron chi connectivity index (χ4n) is 1.83. The van der Waals surface area contributed by atoms with Crippen LogP contribution in [-0.4, -0.2) is 28.6 Å². The molecule has 0 radical (unpaired) electrons. The molecule has 1 N–H and O–H groups in total. The van der Waals surface area contributed by atoms with E-state index in [4.69, 9.17) is 0 Å². The first-order valence-corrected chi connectivity index (χ1v) is 6.82. The Balaban J connectivity index is 3.00. The van der Waals surface area contributed by atoms with Crippen molar-refractivity contribution in [3.05, 3.63) is 30.1 Å². The summed E-state index contributed by atoms with van der Waals surface area (Å²) in [7, 11) is 0. The number of aromatic nitrogens is 2. The third kappa shape index (κ3) is 4.31. The average molecular weight is 262 g/mol. The smallest absolute Gasteiger partial charge is 0.226 e. The Labute approximate surface area is 117 Å². The lowest BCUT2D eigenvalue weighted by Gasteiger charge is -2.35. The molecule has 0 spiro atoms. The highest BCUT2D eigenvalue weighted by Crippen LogP contribution is 2.20. The first kappa shape index (κ1) is 15.6. The molecule has 0 aliphatic carbocycles. The second-order valence-electron chi connectivity index (χ2n) is 5.63. The van der Waals surface area contributed by atoms with Crippen LogP contribution in [0.2, 0.25) is 0 Å². The lowest BCUT2D eigenvalue weighted by molar-refractivity contribution is 0.510. The van der Waals surface area contributed by atoms with Crippen LogP contribution in [-0.2, 0) is 6.54 Å². The Morgan fingerprint density at radius 1 is 1.42 bits per heavy atom. The summed E-state index contributed by atoms with van der Waals surface area (Å²) < 4.78 is 0. The van der Waals surface area contributed by atoms with Gasteiger partial charge in [0.2, 0.25) is 5.95 Å². The summed E-state index contributed by atoms with van der Waals surface area (Å²) in [4.78, 5) is 11.3. The molecule has 0 amide bonds. The van der Waals surface area contributed by atoms with E-state index in [2.05, 4.69) is 54.5 Å². The first-order valence-electron chi connectivity index (χ1n) is 6.82. The molecular weight excluding hydrogens is 236 g/mol. The Morgan fingerprint density at radius 3 is 2.58 bits per heavy atom. The van der Waals surface area contributed by atoms with Gasteiger partial charge < -0.3 is 10.2 Å². The zero-order valence-electron chi connectivity index (χ0n) is 12.8. The van der Waals surface area contributed by atoms with Crippen LogP contribution in [0, 0.1) is 6.92 Å². The van der Waals surface area contributed by atoms with Crippen LogP contribution < -0.4 is 10.2 Å². The van der Waals surface area contributed by atoms with Crippen molar-refractivity contribution in [3.63, 3.8) is 0 Å². The number of aryl methyl sites for hydroxylation is 1. The molecule has 0 fully saturated rings. The van der Waals surface area contributed by atoms with Gasteiger partial charge in [0.05, 0.1) is 0 Å². The van der Waals surface area contributed by atoms with E-state index in [1.54, 1.807) is 0 Å². The number of hydrogen-bond acceptors (Lipinski definition) is 4. The van der Waals surface area contributed by atoms with Crippen LogP contribution in [0.5, 0.6) is 0 Å². The molecule has 1 aromatic heterocycles. The van der Waals surface area contributed by atoms with Crippen LogP contribution in [0.1, 0.15) is 39.0 Å². The Morgan fingerprint density at radius 2 is 2.11 bits per heavy atom. The topological polar surface area (TPSA) is 41.1 Å². The van der Waals surface area contributed by atoms with Gasteiger partial charge in [0.25, 0.3) is 0 Å². The quantitative estimate of drug-likeness (QED) is 0.800. The molecule has 0 aliphatic rings. The number of nitrogens with zero attached hydrogens (tertiary/aromatic N) is 3. The van der Waals surface area contributed by atoms with Crippen molar-refractivity contribution in [2.75, 3.05) is 18.0 Å². The summed E-state index contributed by atoms with van der Waals surface area (Å²) in [5, 5.41) is 3.30. The third-order valence-corrected chi connectivity index (χ3v) is 3.00. The molecule has 1 rings (SSSR count). The van der Waals surface area contributed by atoms with Crippen LogP contribution in [0.4, 0.5) is 5.95 Å². The maximum absolute atomic E-state index is 4.64. The minimum absolute atomic E-state index is 0.0240. The standard InChI is InChI=1S/C15H26N4/c1-7-9-19(15(4,5)6)14-17-11-13(10-16-8-2)12(3)18-14/h7,11,16H,1,8-10H2,2-6H3. The molecule has 0 aromatic carbocycles. The van der Waals surface area contributed by atoms with Crippen molar-refractivity contribution in [2.24, 2.45) is 0 Å². The molecule has 4 heteroatoms. The third-order valence-electron chi connectivity index (χ3n) is 3.00. The predicted molar refractivity (Wildman–Crippen MR) is 81.4 cm³/mol. The van der Waals surface area contributed by atoms with Crippen molar-refractivity contribution in [3.8, 4) is 0 Å². The second-order valence-corrected chi connectivity index (χ2v) is 5.63. The van der Waals surface area contributed by atoms with Crippen molar-refractivity contribution in [1.82, 2.24) is 15.3 Å². The fraction of sp³-hybridized carbons (Fsp3) is 0.600. The summed E-state index contributed by atoms with van der Waals surface area (Å²) in [6, 6.07) is 0. The molecule has 0 aliphatic heterocycles. The molecule has 106 valence electrons. The maximum Gasteiger partial charge on any atom is 0.226 e. The van der Waals surface area contributed by atoms with Gasteiger partial charge in [-0.1, -0.05) is 13.0 Å². The van der Waals surface area contributed by atoms with Gasteiger partial charge in [0.15, 0.2) is 0 Å². The monoisotopic (exact) mass is 262 g/mol. The molecule has 0 saturated carbocycles. The van der Waals surface area contributed by atoms with Crippen molar-refractivity contribution < 1.29 is 0 Å². The maximum atomic E-state index is 4.64. The van der Waals surface area contributed by atoms with Gasteiger partial charge in [-0.25, -0.2) is 9.97 Å². The van der Waals surface area contributed by atoms with E-state index in [-0.39, 0.29) is 5.54 Å². The Bertz CT molecular complexity index is 421. The second kappa shape index (κ2) is 6.66. The summed E-state index contributed by atoms with van der Waals surface area (Å²) in [6.45, 7) is 16.9. The van der Waals surface area contributed by atoms with Crippen LogP contribution in [0.25, 0.3) is 0 Å². The molecule has 0 bridgehead atoms. The highest BCUT2D eigenvalue weighted by molar-refractivity contribution is 5.37. The van der Waals surface area contributed by atoms with Crippen LogP contribution in [0.3, 0.4) is 0 Å². The van der Waals surface area contributed by atoms with E-state index in [0.29, 0.717) is 0 Å². The largest absolute Gasteiger partial charge is 0.332 e. The number of anilines is 1. The lowest BCUT2D eigenvalue weighted by atomic mass is 10.1. The number of nitrogens with one attached hydrogen (secondary N) is 1. The van der Waals surface area contributed by atoms with E-state index in [0.717, 1.165) is 36.8 Å². The van der Waals surface area contributed by atoms with E-state index in [9.17, 15) is 0 Å². The minimum Gasteiger partial charge on any atom is -0.332 e. The highest BCUT2D eigenvalue weighted by atomic mass is 15.3. The number of rotatable bonds is 6. The molecule has 0 unspecified atom stereocenters. The summed E-state index contributed by atoms with van der Waals surface area (Å²) in [5.41, 5.74) is 2.16. The van der Waals surface area contributed by atoms with E-state index in [1.165, 1.54) is 0 Å². The normalized spacial score (nSPS) is 11.4. The van der Waals surface area contributed by atoms with E-state index < -0.39 is 0 Å². The van der Waals surface area contributed by atoms with Gasteiger partial charge >= 0.3 is 0 Å². The molecule has 0 saturated heterocycles. The first-order chi connectivity index (χ1) is 8.90. The van der Waals surface area contributed by atoms with Gasteiger partial charge in [-0.2, -0.15) is 0 Å². The van der Waals surface area contributed by atoms with Gasteiger partial charge in [-0.3, -0.25) is 0 Å². The molecule has 0 atom stereocenters. The van der Waals surface area contributed by atoms with Gasteiger partial charge in [0.1, 0.15) is 0 Å². The lowest BCUT2D eigenvalue weighted by Crippen LogP contribution is -2.42. The summed E-state index contributed by atoms with van der Waals surface area (Å²) >= 11 is 0. The molecule has 19 heavy (non-hydrogen) atoms. The van der Waals surface area contributed by atoms with Crippen molar-refractivity contribution >= 4 is 5.95 Å². The van der Waals surface area contributed by atoms with Gasteiger partial charge in [0, 0.05) is 36.1 Å². The Kier molecular flexibility index (Phi) is 5.48. The fourth-order valence-corrected chi connectivity index (χ4v) is 1.83. The minimum atomic E-state index is -0.0240. The van der Waals surface area contributed by atoms with Gasteiger partial charge in [-0.15, -0.1) is 6.58 Å². The average Bonchev–Trinajstić information content (AvgIpc) is 2.33. The summed E-state index contributed by atoms with van der Waals surface area (Å²) in [5.74, 6) is 0.769. The molecule has 4 nitrogen and oxygen atoms in total. The predicted octanol–water partition coefficient (Wildman–Crippen LogP) is 2.69. The van der Waals surface area contributed by atoms with E-state index >= 15 is 0 Å². The summed E-state index contributed by atoms with van der Waals surface area (Å²) in [6.07, 6.45) is 3.80. The number of hydrogen-bond donors (Lipinski definition) is 1. The van der Waals surface area contributed by atoms with Crippen LogP contribution >= 0.6 is 0 Å². The van der Waals surface area contributed by atoms with Crippen molar-refractivity contribution in [1.29, 1.82) is 0 Å². The van der Waals surface area contributed by atoms with E-state index in [1.807, 2.05) is 19.2 Å². The van der Waals surface area contributed by atoms with Gasteiger partial charge in [-0.05, 0) is 34.2 Å². The zero-order chi connectivity index (χ0) is 14.5.